The van der Waals surface area contributed by atoms with Crippen LogP contribution in [0.2, 0.25) is 0 Å². The molecule has 3 amide bonds. The van der Waals surface area contributed by atoms with Crippen molar-refractivity contribution < 1.29 is 23.9 Å². The average molecular weight is 748 g/mol. The van der Waals surface area contributed by atoms with Gasteiger partial charge in [0.1, 0.15) is 23.7 Å². The van der Waals surface area contributed by atoms with E-state index >= 15 is 0 Å². The maximum absolute atomic E-state index is 14.1. The first-order chi connectivity index (χ1) is 26.1. The number of carbonyl (C=O) groups is 3. The number of aromatic amines is 2. The fraction of sp³-hybridized carbons (Fsp3) is 0.341. The number of ether oxygens (including phenoxy) is 2. The molecule has 3 aromatic heterocycles. The summed E-state index contributed by atoms with van der Waals surface area (Å²) < 4.78 is 12.9. The van der Waals surface area contributed by atoms with Crippen LogP contribution in [0, 0.1) is 6.92 Å². The number of likely N-dealkylation sites (N-methyl/N-ethyl adjacent to an activating group) is 2. The third kappa shape index (κ3) is 7.14. The van der Waals surface area contributed by atoms with Crippen LogP contribution in [0.1, 0.15) is 44.9 Å². The Bertz CT molecular complexity index is 2390. The van der Waals surface area contributed by atoms with Crippen LogP contribution in [0.15, 0.2) is 60.0 Å². The lowest BCUT2D eigenvalue weighted by atomic mass is 10.0. The largest absolute Gasteiger partial charge is 0.492 e. The van der Waals surface area contributed by atoms with Gasteiger partial charge < -0.3 is 39.5 Å². The van der Waals surface area contributed by atoms with Gasteiger partial charge in [0, 0.05) is 72.2 Å². The van der Waals surface area contributed by atoms with Crippen LogP contribution in [0.5, 0.6) is 11.5 Å². The van der Waals surface area contributed by atoms with E-state index in [2.05, 4.69) is 25.6 Å². The van der Waals surface area contributed by atoms with Gasteiger partial charge in [0.05, 0.1) is 10.4 Å². The second-order valence-electron chi connectivity index (χ2n) is 14.6. The van der Waals surface area contributed by atoms with Crippen molar-refractivity contribution in [3.63, 3.8) is 0 Å². The van der Waals surface area contributed by atoms with Crippen LogP contribution in [-0.2, 0) is 6.42 Å². The number of thiophene rings is 1. The molecule has 0 aliphatic carbocycles. The Hall–Kier alpha value is -5.37. The van der Waals surface area contributed by atoms with E-state index in [-0.39, 0.29) is 11.8 Å². The van der Waals surface area contributed by atoms with Gasteiger partial charge in [-0.05, 0) is 118 Å². The molecule has 1 fully saturated rings. The molecule has 1 saturated heterocycles. The summed E-state index contributed by atoms with van der Waals surface area (Å²) >= 11 is 1.55. The van der Waals surface area contributed by atoms with Crippen molar-refractivity contribution in [2.75, 3.05) is 77.2 Å². The Balaban J connectivity index is 0.969. The van der Waals surface area contributed by atoms with Gasteiger partial charge in [0.25, 0.3) is 11.8 Å². The lowest BCUT2D eigenvalue weighted by Crippen LogP contribution is -2.35. The number of aromatic nitrogens is 2. The predicted molar refractivity (Wildman–Crippen MR) is 215 cm³/mol. The summed E-state index contributed by atoms with van der Waals surface area (Å²) in [6.07, 6.45) is 2.77. The molecule has 0 spiro atoms. The zero-order chi connectivity index (χ0) is 37.5. The average Bonchev–Trinajstić information content (AvgIpc) is 4.00. The molecule has 5 heterocycles. The molecule has 3 N–H and O–H groups in total. The molecule has 3 aromatic carbocycles. The second-order valence-corrected chi connectivity index (χ2v) is 15.4. The summed E-state index contributed by atoms with van der Waals surface area (Å²) in [5.41, 5.74) is 6.03. The lowest BCUT2D eigenvalue weighted by molar-refractivity contribution is 0.0983. The van der Waals surface area contributed by atoms with Crippen molar-refractivity contribution in [2.45, 2.75) is 26.2 Å². The number of H-pyrrole nitrogens is 2. The quantitative estimate of drug-likeness (QED) is 0.129. The van der Waals surface area contributed by atoms with E-state index < -0.39 is 6.09 Å². The molecule has 0 bridgehead atoms. The maximum atomic E-state index is 14.1. The molecule has 0 saturated carbocycles. The normalized spacial score (nSPS) is 14.4. The third-order valence-electron chi connectivity index (χ3n) is 10.4. The summed E-state index contributed by atoms with van der Waals surface area (Å²) in [7, 11) is 5.64. The number of hydrogen-bond donors (Lipinski definition) is 3. The second kappa shape index (κ2) is 14.8. The number of hydrogen-bond acceptors (Lipinski definition) is 8. The first kappa shape index (κ1) is 35.6. The highest BCUT2D eigenvalue weighted by Crippen LogP contribution is 2.45. The van der Waals surface area contributed by atoms with Crippen molar-refractivity contribution in [3.8, 4) is 11.5 Å². The Morgan fingerprint density at radius 1 is 0.889 bits per heavy atom. The number of anilines is 2. The number of nitrogens with zero attached hydrogens (tertiary/aromatic N) is 4. The van der Waals surface area contributed by atoms with Gasteiger partial charge in [0.2, 0.25) is 0 Å². The van der Waals surface area contributed by atoms with Crippen LogP contribution in [-0.4, -0.2) is 110 Å². The number of amides is 3. The molecule has 2 aliphatic rings. The van der Waals surface area contributed by atoms with E-state index in [4.69, 9.17) is 9.47 Å². The highest BCUT2D eigenvalue weighted by atomic mass is 32.1. The van der Waals surface area contributed by atoms with Crippen LogP contribution in [0.3, 0.4) is 0 Å². The molecular weight excluding hydrogens is 703 g/mol. The first-order valence-electron chi connectivity index (χ1n) is 18.5. The molecule has 54 heavy (non-hydrogen) atoms. The number of fused-ring (bicyclic) bond motifs is 5. The van der Waals surface area contributed by atoms with E-state index in [0.29, 0.717) is 55.5 Å². The monoisotopic (exact) mass is 747 g/mol. The van der Waals surface area contributed by atoms with Gasteiger partial charge in [0.15, 0.2) is 5.75 Å². The molecule has 0 unspecified atom stereocenters. The van der Waals surface area contributed by atoms with E-state index in [0.717, 1.165) is 74.1 Å². The number of nitrogens with one attached hydrogen (secondary N) is 3. The third-order valence-corrected chi connectivity index (χ3v) is 11.5. The smallest absolute Gasteiger partial charge is 0.415 e. The molecule has 6 aromatic rings. The van der Waals surface area contributed by atoms with Gasteiger partial charge in [-0.1, -0.05) is 0 Å². The summed E-state index contributed by atoms with van der Waals surface area (Å²) in [5.74, 6) is 0.793. The van der Waals surface area contributed by atoms with E-state index in [1.807, 2.05) is 80.5 Å². The van der Waals surface area contributed by atoms with Crippen LogP contribution >= 0.6 is 11.3 Å². The summed E-state index contributed by atoms with van der Waals surface area (Å²) in [6, 6.07) is 16.8. The van der Waals surface area contributed by atoms with Gasteiger partial charge in [-0.15, -0.1) is 11.3 Å². The van der Waals surface area contributed by atoms with Gasteiger partial charge >= 0.3 is 6.09 Å². The minimum Gasteiger partial charge on any atom is -0.492 e. The Morgan fingerprint density at radius 2 is 1.63 bits per heavy atom. The molecule has 0 atom stereocenters. The van der Waals surface area contributed by atoms with Crippen molar-refractivity contribution in [1.82, 2.24) is 24.7 Å². The van der Waals surface area contributed by atoms with Gasteiger partial charge in [-0.3, -0.25) is 14.5 Å². The van der Waals surface area contributed by atoms with Crippen molar-refractivity contribution in [3.05, 3.63) is 82.5 Å². The molecule has 0 radical (unpaired) electrons. The highest BCUT2D eigenvalue weighted by Gasteiger charge is 2.31. The standard InChI is InChI=1S/C41H45N7O5S/c1-25-24-54-38-36(53-41(51)46(4)16-15-45(2)3)23-35-30(37(25)38)11-14-48(35)40(50)34-22-26-19-28(7-9-31(26)44-34)42-39(49)33-21-27-20-29(8-10-32(27)43-33)52-18-17-47-12-5-6-13-47/h7-10,19-24,43-44H,5-6,11-18H2,1-4H3,(H,42,49). The SMILES string of the molecule is Cc1csc2c(OC(=O)N(C)CCN(C)C)cc3c(c12)CCN3C(=O)c1cc2cc(NC(=O)c3cc4cc(OCCN5CCCC5)ccc4[nH]3)ccc2[nH]1. The van der Waals surface area contributed by atoms with E-state index in [1.54, 1.807) is 28.2 Å². The molecule has 13 heteroatoms. The number of rotatable bonds is 11. The highest BCUT2D eigenvalue weighted by molar-refractivity contribution is 7.17. The minimum atomic E-state index is -0.439. The first-order valence-corrected chi connectivity index (χ1v) is 19.3. The van der Waals surface area contributed by atoms with E-state index in [9.17, 15) is 14.4 Å². The Kier molecular flexibility index (Phi) is 9.78. The molecular formula is C41H45N7O5S. The van der Waals surface area contributed by atoms with Crippen molar-refractivity contribution in [2.24, 2.45) is 0 Å². The fourth-order valence-corrected chi connectivity index (χ4v) is 8.47. The molecule has 2 aliphatic heterocycles. The zero-order valence-electron chi connectivity index (χ0n) is 31.1. The zero-order valence-corrected chi connectivity index (χ0v) is 31.9. The van der Waals surface area contributed by atoms with E-state index in [1.165, 1.54) is 12.8 Å². The summed E-state index contributed by atoms with van der Waals surface area (Å²) in [4.78, 5) is 54.8. The number of likely N-dealkylation sites (tertiary alicyclic amines) is 1. The number of benzene rings is 3. The van der Waals surface area contributed by atoms with Crippen LogP contribution < -0.4 is 19.7 Å². The fourth-order valence-electron chi connectivity index (χ4n) is 7.43. The van der Waals surface area contributed by atoms with Crippen molar-refractivity contribution in [1.29, 1.82) is 0 Å². The summed E-state index contributed by atoms with van der Waals surface area (Å²) in [5, 5.41) is 7.80. The topological polar surface area (TPSA) is 126 Å². The Labute approximate surface area is 317 Å². The van der Waals surface area contributed by atoms with Gasteiger partial charge in [-0.25, -0.2) is 4.79 Å². The van der Waals surface area contributed by atoms with Crippen molar-refractivity contribution >= 4 is 72.5 Å². The number of aryl methyl sites for hydroxylation is 1. The Morgan fingerprint density at radius 3 is 2.43 bits per heavy atom. The molecule has 12 nitrogen and oxygen atoms in total. The predicted octanol–water partition coefficient (Wildman–Crippen LogP) is 7.09. The molecule has 280 valence electrons. The minimum absolute atomic E-state index is 0.180. The van der Waals surface area contributed by atoms with Gasteiger partial charge in [-0.2, -0.15) is 0 Å². The lowest BCUT2D eigenvalue weighted by Gasteiger charge is -2.21. The molecule has 8 rings (SSSR count). The van der Waals surface area contributed by atoms with Crippen LogP contribution in [0.4, 0.5) is 16.2 Å². The summed E-state index contributed by atoms with van der Waals surface area (Å²) in [6.45, 7) is 7.62. The van der Waals surface area contributed by atoms with Crippen LogP contribution in [0.25, 0.3) is 31.9 Å². The maximum Gasteiger partial charge on any atom is 0.415 e. The number of carbonyl (C=O) groups excluding carboxylic acids is 3.